The highest BCUT2D eigenvalue weighted by atomic mass is 32.1. The van der Waals surface area contributed by atoms with Gasteiger partial charge in [-0.3, -0.25) is 0 Å². The van der Waals surface area contributed by atoms with E-state index < -0.39 is 0 Å². The van der Waals surface area contributed by atoms with Crippen molar-refractivity contribution in [1.29, 1.82) is 0 Å². The minimum atomic E-state index is 0.840. The number of benzene rings is 1. The molecule has 13 heavy (non-hydrogen) atoms. The van der Waals surface area contributed by atoms with Gasteiger partial charge in [-0.15, -0.1) is 24.0 Å². The molecule has 1 heterocycles. The Hall–Kier alpha value is -0.670. The maximum Gasteiger partial charge on any atom is 0.0575 e. The van der Waals surface area contributed by atoms with Crippen molar-refractivity contribution in [3.63, 3.8) is 0 Å². The van der Waals surface area contributed by atoms with Gasteiger partial charge in [-0.25, -0.2) is 0 Å². The summed E-state index contributed by atoms with van der Waals surface area (Å²) in [4.78, 5) is 2.31. The van der Waals surface area contributed by atoms with E-state index in [-0.39, 0.29) is 0 Å². The molecule has 0 spiro atoms. The normalized spacial score (nSPS) is 10.9. The van der Waals surface area contributed by atoms with Crippen LogP contribution < -0.4 is 5.73 Å². The summed E-state index contributed by atoms with van der Waals surface area (Å²) in [5, 5.41) is 1.21. The van der Waals surface area contributed by atoms with E-state index in [1.54, 1.807) is 11.3 Å². The number of anilines is 1. The van der Waals surface area contributed by atoms with E-state index in [0.29, 0.717) is 0 Å². The molecule has 0 aliphatic rings. The lowest BCUT2D eigenvalue weighted by molar-refractivity contribution is 1.19. The van der Waals surface area contributed by atoms with Gasteiger partial charge in [-0.2, -0.15) is 0 Å². The molecule has 2 aromatic rings. The van der Waals surface area contributed by atoms with Crippen molar-refractivity contribution >= 4 is 39.7 Å². The third kappa shape index (κ3) is 1.54. The van der Waals surface area contributed by atoms with Crippen LogP contribution in [0, 0.1) is 0 Å². The van der Waals surface area contributed by atoms with Crippen molar-refractivity contribution in [3.05, 3.63) is 23.1 Å². The van der Waals surface area contributed by atoms with Crippen LogP contribution in [-0.2, 0) is 6.42 Å². The van der Waals surface area contributed by atoms with Crippen molar-refractivity contribution in [2.75, 3.05) is 5.73 Å². The predicted octanol–water partition coefficient (Wildman–Crippen LogP) is 3.33. The number of rotatable bonds is 1. The highest BCUT2D eigenvalue weighted by Gasteiger charge is 2.04. The Labute approximate surface area is 87.0 Å². The molecule has 1 aromatic heterocycles. The number of fused-ring (bicyclic) bond motifs is 1. The molecule has 0 unspecified atom stereocenters. The fraction of sp³-hybridized carbons (Fsp3) is 0.200. The summed E-state index contributed by atoms with van der Waals surface area (Å²) < 4.78 is 1.19. The molecule has 3 heteroatoms. The third-order valence-corrected chi connectivity index (χ3v) is 3.63. The standard InChI is InChI=1S/C10H11NS2/c1-2-8-4-6-3-7(12)5-9(11)10(6)13-8/h3-5,12H,2,11H2,1H3. The van der Waals surface area contributed by atoms with Crippen LogP contribution in [0.2, 0.25) is 0 Å². The molecule has 0 amide bonds. The van der Waals surface area contributed by atoms with Crippen LogP contribution >= 0.6 is 24.0 Å². The number of aryl methyl sites for hydroxylation is 1. The summed E-state index contributed by atoms with van der Waals surface area (Å²) >= 11 is 6.07. The second-order valence-corrected chi connectivity index (χ2v) is 4.67. The molecule has 0 radical (unpaired) electrons. The Balaban J connectivity index is 2.75. The minimum Gasteiger partial charge on any atom is -0.398 e. The van der Waals surface area contributed by atoms with Crippen LogP contribution in [-0.4, -0.2) is 0 Å². The summed E-state index contributed by atoms with van der Waals surface area (Å²) in [5.74, 6) is 0. The smallest absolute Gasteiger partial charge is 0.0575 e. The zero-order chi connectivity index (χ0) is 9.42. The first-order chi connectivity index (χ1) is 6.20. The van der Waals surface area contributed by atoms with Gasteiger partial charge in [-0.05, 0) is 30.0 Å². The molecular formula is C10H11NS2. The largest absolute Gasteiger partial charge is 0.398 e. The van der Waals surface area contributed by atoms with E-state index in [9.17, 15) is 0 Å². The van der Waals surface area contributed by atoms with Gasteiger partial charge in [0.05, 0.1) is 10.4 Å². The van der Waals surface area contributed by atoms with Gasteiger partial charge in [0.1, 0.15) is 0 Å². The Morgan fingerprint density at radius 2 is 2.15 bits per heavy atom. The zero-order valence-corrected chi connectivity index (χ0v) is 9.08. The van der Waals surface area contributed by atoms with Crippen LogP contribution in [0.4, 0.5) is 5.69 Å². The number of hydrogen-bond acceptors (Lipinski definition) is 3. The first-order valence-electron chi connectivity index (χ1n) is 4.21. The van der Waals surface area contributed by atoms with Gasteiger partial charge in [0.2, 0.25) is 0 Å². The third-order valence-electron chi connectivity index (χ3n) is 2.03. The summed E-state index contributed by atoms with van der Waals surface area (Å²) in [7, 11) is 0. The summed E-state index contributed by atoms with van der Waals surface area (Å²) in [6, 6.07) is 6.15. The quantitative estimate of drug-likeness (QED) is 0.547. The summed E-state index contributed by atoms with van der Waals surface area (Å²) in [6.45, 7) is 2.16. The molecule has 0 atom stereocenters. The van der Waals surface area contributed by atoms with E-state index in [1.165, 1.54) is 15.0 Å². The van der Waals surface area contributed by atoms with Crippen molar-refractivity contribution in [1.82, 2.24) is 0 Å². The SMILES string of the molecule is CCc1cc2cc(S)cc(N)c2s1. The average Bonchev–Trinajstić information content (AvgIpc) is 2.47. The Morgan fingerprint density at radius 3 is 2.85 bits per heavy atom. The lowest BCUT2D eigenvalue weighted by atomic mass is 10.2. The second-order valence-electron chi connectivity index (χ2n) is 3.02. The van der Waals surface area contributed by atoms with Crippen molar-refractivity contribution in [2.45, 2.75) is 18.2 Å². The summed E-state index contributed by atoms with van der Waals surface area (Å²) in [5.41, 5.74) is 6.73. The minimum absolute atomic E-state index is 0.840. The van der Waals surface area contributed by atoms with Gasteiger partial charge < -0.3 is 5.73 Å². The van der Waals surface area contributed by atoms with Crippen LogP contribution in [0.5, 0.6) is 0 Å². The lowest BCUT2D eigenvalue weighted by Crippen LogP contribution is -1.83. The predicted molar refractivity (Wildman–Crippen MR) is 62.9 cm³/mol. The molecule has 1 aromatic carbocycles. The Bertz CT molecular complexity index is 445. The van der Waals surface area contributed by atoms with Crippen molar-refractivity contribution in [3.8, 4) is 0 Å². The maximum absolute atomic E-state index is 5.89. The van der Waals surface area contributed by atoms with Crippen LogP contribution in [0.3, 0.4) is 0 Å². The second kappa shape index (κ2) is 3.24. The van der Waals surface area contributed by atoms with Crippen LogP contribution in [0.25, 0.3) is 10.1 Å². The lowest BCUT2D eigenvalue weighted by Gasteiger charge is -1.96. The molecule has 68 valence electrons. The fourth-order valence-electron chi connectivity index (χ4n) is 1.39. The van der Waals surface area contributed by atoms with Gasteiger partial charge in [-0.1, -0.05) is 6.92 Å². The number of hydrogen-bond donors (Lipinski definition) is 2. The Kier molecular flexibility index (Phi) is 2.22. The molecular weight excluding hydrogens is 198 g/mol. The van der Waals surface area contributed by atoms with E-state index >= 15 is 0 Å². The van der Waals surface area contributed by atoms with Crippen LogP contribution in [0.15, 0.2) is 23.1 Å². The summed E-state index contributed by atoms with van der Waals surface area (Å²) in [6.07, 6.45) is 1.07. The molecule has 1 nitrogen and oxygen atoms in total. The number of thiophene rings is 1. The number of nitrogens with two attached hydrogens (primary N) is 1. The van der Waals surface area contributed by atoms with Crippen LogP contribution in [0.1, 0.15) is 11.8 Å². The molecule has 2 rings (SSSR count). The molecule has 0 bridgehead atoms. The molecule has 0 saturated carbocycles. The topological polar surface area (TPSA) is 26.0 Å². The van der Waals surface area contributed by atoms with Gasteiger partial charge >= 0.3 is 0 Å². The van der Waals surface area contributed by atoms with E-state index in [0.717, 1.165) is 17.0 Å². The molecule has 2 N–H and O–H groups in total. The molecule has 0 saturated heterocycles. The molecule has 0 aliphatic carbocycles. The monoisotopic (exact) mass is 209 g/mol. The average molecular weight is 209 g/mol. The maximum atomic E-state index is 5.89. The Morgan fingerprint density at radius 1 is 1.38 bits per heavy atom. The van der Waals surface area contributed by atoms with Gasteiger partial charge in [0.25, 0.3) is 0 Å². The number of thiol groups is 1. The van der Waals surface area contributed by atoms with Gasteiger partial charge in [0, 0.05) is 9.77 Å². The van der Waals surface area contributed by atoms with Gasteiger partial charge in [0.15, 0.2) is 0 Å². The first-order valence-corrected chi connectivity index (χ1v) is 5.48. The first kappa shape index (κ1) is 8.91. The highest BCUT2D eigenvalue weighted by molar-refractivity contribution is 7.80. The molecule has 0 fully saturated rings. The van der Waals surface area contributed by atoms with Crippen molar-refractivity contribution in [2.24, 2.45) is 0 Å². The highest BCUT2D eigenvalue weighted by Crippen LogP contribution is 2.32. The van der Waals surface area contributed by atoms with E-state index in [4.69, 9.17) is 5.73 Å². The molecule has 0 aliphatic heterocycles. The number of nitrogen functional groups attached to an aromatic ring is 1. The zero-order valence-electron chi connectivity index (χ0n) is 7.37. The van der Waals surface area contributed by atoms with Crippen molar-refractivity contribution < 1.29 is 0 Å². The fourth-order valence-corrected chi connectivity index (χ4v) is 2.67. The van der Waals surface area contributed by atoms with E-state index in [1.807, 2.05) is 6.07 Å². The van der Waals surface area contributed by atoms with E-state index in [2.05, 4.69) is 31.7 Å².